The Morgan fingerprint density at radius 2 is 2.19 bits per heavy atom. The molecule has 0 amide bonds. The molecule has 0 spiro atoms. The highest BCUT2D eigenvalue weighted by Crippen LogP contribution is 2.31. The smallest absolute Gasteiger partial charge is 0.339 e. The Hall–Kier alpha value is -1.16. The molecule has 1 rings (SSSR count). The van der Waals surface area contributed by atoms with Gasteiger partial charge in [0.05, 0.1) is 19.0 Å². The third-order valence-electron chi connectivity index (χ3n) is 1.11. The van der Waals surface area contributed by atoms with E-state index in [0.717, 1.165) is 0 Å². The molecule has 0 fully saturated rings. The molecule has 0 aliphatic carbocycles. The Morgan fingerprint density at radius 3 is 2.44 bits per heavy atom. The minimum absolute atomic E-state index is 0.439. The topological polar surface area (TPSA) is 160 Å². The normalized spacial score (nSPS) is 14.1. The SMILES string of the molecule is NN1C=CNN1.O=C(O)CNCP(=O)(O)O. The number of carbonyl (C=O) groups is 1. The van der Waals surface area contributed by atoms with E-state index in [4.69, 9.17) is 20.7 Å². The van der Waals surface area contributed by atoms with E-state index in [9.17, 15) is 9.36 Å². The van der Waals surface area contributed by atoms with Gasteiger partial charge in [-0.3, -0.25) is 14.7 Å². The van der Waals surface area contributed by atoms with Crippen molar-refractivity contribution in [1.82, 2.24) is 21.4 Å². The molecule has 11 heteroatoms. The molecule has 0 bridgehead atoms. The Labute approximate surface area is 91.2 Å². The second kappa shape index (κ2) is 7.17. The molecule has 1 aliphatic rings. The lowest BCUT2D eigenvalue weighted by atomic mass is 10.7. The summed E-state index contributed by atoms with van der Waals surface area (Å²) in [5, 5.41) is 11.4. The van der Waals surface area contributed by atoms with Gasteiger partial charge in [-0.1, -0.05) is 0 Å². The average molecular weight is 255 g/mol. The Morgan fingerprint density at radius 1 is 1.56 bits per heavy atom. The molecule has 0 aromatic carbocycles. The second-order valence-electron chi connectivity index (χ2n) is 2.62. The molecule has 10 nitrogen and oxygen atoms in total. The van der Waals surface area contributed by atoms with E-state index in [1.807, 2.05) is 0 Å². The Bertz CT molecular complexity index is 291. The van der Waals surface area contributed by atoms with Gasteiger partial charge >= 0.3 is 13.6 Å². The van der Waals surface area contributed by atoms with Crippen molar-refractivity contribution in [1.29, 1.82) is 0 Å². The molecular weight excluding hydrogens is 241 g/mol. The first-order valence-corrected chi connectivity index (χ1v) is 5.80. The van der Waals surface area contributed by atoms with Crippen LogP contribution < -0.4 is 22.1 Å². The van der Waals surface area contributed by atoms with E-state index in [0.29, 0.717) is 0 Å². The summed E-state index contributed by atoms with van der Waals surface area (Å²) in [6, 6.07) is 0. The number of nitrogens with two attached hydrogens (primary N) is 1. The van der Waals surface area contributed by atoms with Gasteiger partial charge in [0.1, 0.15) is 0 Å². The van der Waals surface area contributed by atoms with Gasteiger partial charge in [0.2, 0.25) is 0 Å². The van der Waals surface area contributed by atoms with E-state index < -0.39 is 26.4 Å². The summed E-state index contributed by atoms with van der Waals surface area (Å²) in [7, 11) is -4.10. The molecular formula is C5H14N5O5P. The fraction of sp³-hybridized carbons (Fsp3) is 0.400. The Kier molecular flexibility index (Phi) is 6.65. The van der Waals surface area contributed by atoms with Crippen LogP contribution >= 0.6 is 7.60 Å². The summed E-state index contributed by atoms with van der Waals surface area (Å²) in [5.74, 6) is 3.96. The van der Waals surface area contributed by atoms with E-state index in [1.165, 1.54) is 5.12 Å². The summed E-state index contributed by atoms with van der Waals surface area (Å²) < 4.78 is 10.1. The van der Waals surface area contributed by atoms with Crippen LogP contribution in [0, 0.1) is 0 Å². The molecule has 0 aromatic heterocycles. The third-order valence-corrected chi connectivity index (χ3v) is 1.74. The zero-order valence-corrected chi connectivity index (χ0v) is 9.09. The first-order valence-electron chi connectivity index (χ1n) is 4.00. The molecule has 94 valence electrons. The molecule has 8 N–H and O–H groups in total. The standard InChI is InChI=1S/C3H8NO5P.C2H6N4/c5-3(6)1-4-2-10(7,8)9;3-6-2-1-4-5-6/h4H,1-2H2,(H,5,6)(H2,7,8,9);1-2,4-5H,3H2. The van der Waals surface area contributed by atoms with Gasteiger partial charge in [0.25, 0.3) is 0 Å². The summed E-state index contributed by atoms with van der Waals surface area (Å²) in [5.41, 5.74) is 5.21. The number of hydrazine groups is 3. The van der Waals surface area contributed by atoms with Gasteiger partial charge in [0, 0.05) is 6.20 Å². The first kappa shape index (κ1) is 14.8. The lowest BCUT2D eigenvalue weighted by Gasteiger charge is -2.03. The van der Waals surface area contributed by atoms with Gasteiger partial charge in [-0.2, -0.15) is 0 Å². The van der Waals surface area contributed by atoms with Crippen molar-refractivity contribution in [3.05, 3.63) is 12.4 Å². The number of carboxylic acids is 1. The first-order chi connectivity index (χ1) is 7.31. The molecule has 1 heterocycles. The predicted octanol–water partition coefficient (Wildman–Crippen LogP) is -2.55. The second-order valence-corrected chi connectivity index (χ2v) is 4.27. The van der Waals surface area contributed by atoms with Crippen LogP contribution in [0.25, 0.3) is 0 Å². The zero-order valence-electron chi connectivity index (χ0n) is 8.20. The molecule has 0 radical (unpaired) electrons. The van der Waals surface area contributed by atoms with Crippen LogP contribution in [0.5, 0.6) is 0 Å². The fourth-order valence-electron chi connectivity index (χ4n) is 0.575. The van der Waals surface area contributed by atoms with Gasteiger partial charge in [-0.05, 0) is 0 Å². The van der Waals surface area contributed by atoms with Crippen molar-refractivity contribution in [3.8, 4) is 0 Å². The van der Waals surface area contributed by atoms with E-state index in [1.54, 1.807) is 12.4 Å². The predicted molar refractivity (Wildman–Crippen MR) is 54.0 cm³/mol. The van der Waals surface area contributed by atoms with Crippen LogP contribution in [0.1, 0.15) is 0 Å². The number of rotatable bonds is 4. The number of nitrogens with zero attached hydrogens (tertiary/aromatic N) is 1. The van der Waals surface area contributed by atoms with Crippen LogP contribution in [-0.2, 0) is 9.36 Å². The van der Waals surface area contributed by atoms with Crippen molar-refractivity contribution in [2.75, 3.05) is 12.8 Å². The van der Waals surface area contributed by atoms with Gasteiger partial charge in [-0.15, -0.1) is 5.53 Å². The van der Waals surface area contributed by atoms with Gasteiger partial charge in [0.15, 0.2) is 0 Å². The zero-order chi connectivity index (χ0) is 12.6. The van der Waals surface area contributed by atoms with Crippen LogP contribution in [0.15, 0.2) is 12.4 Å². The van der Waals surface area contributed by atoms with Crippen molar-refractivity contribution >= 4 is 13.6 Å². The minimum Gasteiger partial charge on any atom is -0.480 e. The molecule has 16 heavy (non-hydrogen) atoms. The maximum Gasteiger partial charge on any atom is 0.339 e. The van der Waals surface area contributed by atoms with Crippen molar-refractivity contribution in [3.63, 3.8) is 0 Å². The molecule has 0 saturated carbocycles. The lowest BCUT2D eigenvalue weighted by Crippen LogP contribution is -2.40. The molecule has 0 atom stereocenters. The molecule has 0 saturated heterocycles. The number of aliphatic carboxylic acids is 1. The number of hydrogen-bond acceptors (Lipinski definition) is 7. The van der Waals surface area contributed by atoms with E-state index in [2.05, 4.69) is 16.3 Å². The largest absolute Gasteiger partial charge is 0.480 e. The summed E-state index contributed by atoms with van der Waals surface area (Å²) in [6.07, 6.45) is 2.76. The van der Waals surface area contributed by atoms with Crippen LogP contribution in [-0.4, -0.2) is 38.8 Å². The van der Waals surface area contributed by atoms with Crippen LogP contribution in [0.3, 0.4) is 0 Å². The Balaban J connectivity index is 0.000000315. The van der Waals surface area contributed by atoms with Gasteiger partial charge in [-0.25, -0.2) is 11.0 Å². The van der Waals surface area contributed by atoms with Crippen molar-refractivity contribution in [2.45, 2.75) is 0 Å². The molecule has 1 aliphatic heterocycles. The minimum atomic E-state index is -4.10. The van der Waals surface area contributed by atoms with Crippen LogP contribution in [0.2, 0.25) is 0 Å². The van der Waals surface area contributed by atoms with Crippen LogP contribution in [0.4, 0.5) is 0 Å². The van der Waals surface area contributed by atoms with Crippen molar-refractivity contribution in [2.24, 2.45) is 5.84 Å². The molecule has 0 unspecified atom stereocenters. The number of hydrogen-bond donors (Lipinski definition) is 7. The van der Waals surface area contributed by atoms with Gasteiger partial charge < -0.3 is 20.3 Å². The third kappa shape index (κ3) is 10.9. The monoisotopic (exact) mass is 255 g/mol. The highest BCUT2D eigenvalue weighted by Gasteiger charge is 2.11. The summed E-state index contributed by atoms with van der Waals surface area (Å²) in [6.45, 7) is -0.439. The van der Waals surface area contributed by atoms with E-state index in [-0.39, 0.29) is 0 Å². The number of nitrogens with one attached hydrogen (secondary N) is 3. The van der Waals surface area contributed by atoms with E-state index >= 15 is 0 Å². The maximum atomic E-state index is 10.1. The number of carboxylic acid groups (broad SMARTS) is 1. The van der Waals surface area contributed by atoms with Crippen molar-refractivity contribution < 1.29 is 24.3 Å². The summed E-state index contributed by atoms with van der Waals surface area (Å²) >= 11 is 0. The summed E-state index contributed by atoms with van der Waals surface area (Å²) in [4.78, 5) is 26.1. The highest BCUT2D eigenvalue weighted by atomic mass is 31.2. The quantitative estimate of drug-likeness (QED) is 0.210. The highest BCUT2D eigenvalue weighted by molar-refractivity contribution is 7.51. The lowest BCUT2D eigenvalue weighted by molar-refractivity contribution is -0.135. The maximum absolute atomic E-state index is 10.1. The fourth-order valence-corrected chi connectivity index (χ4v) is 0.978. The average Bonchev–Trinajstić information content (AvgIpc) is 2.53. The molecule has 0 aromatic rings.